The van der Waals surface area contributed by atoms with E-state index < -0.39 is 12.4 Å². The number of carbonyl (C=O) groups is 1. The summed E-state index contributed by atoms with van der Waals surface area (Å²) in [7, 11) is 0. The van der Waals surface area contributed by atoms with Gasteiger partial charge in [0.1, 0.15) is 5.75 Å². The van der Waals surface area contributed by atoms with Crippen molar-refractivity contribution in [3.8, 4) is 5.75 Å². The van der Waals surface area contributed by atoms with Gasteiger partial charge in [0.2, 0.25) is 0 Å². The molecule has 33 heavy (non-hydrogen) atoms. The number of amides is 1. The van der Waals surface area contributed by atoms with Gasteiger partial charge in [0, 0.05) is 16.2 Å². The molecule has 0 bridgehead atoms. The summed E-state index contributed by atoms with van der Waals surface area (Å²) in [6.07, 6.45) is -3.07. The van der Waals surface area contributed by atoms with E-state index in [1.807, 2.05) is 37.3 Å². The fourth-order valence-corrected chi connectivity index (χ4v) is 4.01. The van der Waals surface area contributed by atoms with Gasteiger partial charge in [-0.25, -0.2) is 0 Å². The van der Waals surface area contributed by atoms with Crippen LogP contribution in [0.5, 0.6) is 5.75 Å². The Labute approximate surface area is 197 Å². The summed E-state index contributed by atoms with van der Waals surface area (Å²) >= 11 is 3.39. The molecule has 0 aromatic heterocycles. The first-order valence-corrected chi connectivity index (χ1v) is 11.0. The second-order valence-corrected chi connectivity index (χ2v) is 8.49. The minimum Gasteiger partial charge on any atom is -0.406 e. The molecule has 2 atom stereocenters. The molecule has 0 saturated heterocycles. The summed E-state index contributed by atoms with van der Waals surface area (Å²) in [5.74, 6) is -0.608. The van der Waals surface area contributed by atoms with E-state index in [0.717, 1.165) is 10.0 Å². The summed E-state index contributed by atoms with van der Waals surface area (Å²) in [6, 6.07) is 21.8. The highest BCUT2D eigenvalue weighted by Gasteiger charge is 2.36. The van der Waals surface area contributed by atoms with Gasteiger partial charge in [0.25, 0.3) is 5.91 Å². The first-order chi connectivity index (χ1) is 15.7. The summed E-state index contributed by atoms with van der Waals surface area (Å²) in [6.45, 7) is 1.94. The first kappa shape index (κ1) is 22.9. The van der Waals surface area contributed by atoms with Crippen LogP contribution in [0.25, 0.3) is 0 Å². The number of benzene rings is 3. The Bertz CT molecular complexity index is 1160. The van der Waals surface area contributed by atoms with Crippen LogP contribution in [0.15, 0.2) is 95.1 Å². The average molecular weight is 517 g/mol. The van der Waals surface area contributed by atoms with E-state index in [9.17, 15) is 18.0 Å². The maximum Gasteiger partial charge on any atom is 0.573 e. The van der Waals surface area contributed by atoms with Crippen molar-refractivity contribution in [2.45, 2.75) is 25.4 Å². The molecule has 3 aromatic rings. The van der Waals surface area contributed by atoms with E-state index in [0.29, 0.717) is 16.9 Å². The zero-order valence-electron chi connectivity index (χ0n) is 17.5. The lowest BCUT2D eigenvalue weighted by atomic mass is 10.1. The first-order valence-electron chi connectivity index (χ1n) is 10.2. The molecular formula is C25H20BrF3N2O2. The highest BCUT2D eigenvalue weighted by Crippen LogP contribution is 2.37. The topological polar surface area (TPSA) is 41.6 Å². The highest BCUT2D eigenvalue weighted by molar-refractivity contribution is 9.10. The number of anilines is 1. The van der Waals surface area contributed by atoms with Crippen LogP contribution >= 0.6 is 15.9 Å². The number of hydrogen-bond acceptors (Lipinski definition) is 3. The quantitative estimate of drug-likeness (QED) is 0.397. The average Bonchev–Trinajstić information content (AvgIpc) is 3.10. The highest BCUT2D eigenvalue weighted by atomic mass is 79.9. The molecule has 1 heterocycles. The summed E-state index contributed by atoms with van der Waals surface area (Å²) in [4.78, 5) is 15.0. The van der Waals surface area contributed by atoms with Crippen molar-refractivity contribution >= 4 is 27.5 Å². The van der Waals surface area contributed by atoms with Gasteiger partial charge in [-0.15, -0.1) is 13.2 Å². The molecule has 4 nitrogen and oxygen atoms in total. The monoisotopic (exact) mass is 516 g/mol. The number of halogens is 4. The number of nitrogens with zero attached hydrogens (tertiary/aromatic N) is 1. The Morgan fingerprint density at radius 3 is 2.36 bits per heavy atom. The molecule has 1 aliphatic heterocycles. The third-order valence-corrected chi connectivity index (χ3v) is 5.79. The number of ether oxygens (including phenoxy) is 1. The van der Waals surface area contributed by atoms with Crippen molar-refractivity contribution in [1.29, 1.82) is 0 Å². The van der Waals surface area contributed by atoms with Crippen LogP contribution < -0.4 is 15.0 Å². The zero-order chi connectivity index (χ0) is 23.6. The summed E-state index contributed by atoms with van der Waals surface area (Å²) in [5, 5.41) is 3.26. The van der Waals surface area contributed by atoms with Gasteiger partial charge in [-0.05, 0) is 60.5 Å². The molecule has 0 spiro atoms. The van der Waals surface area contributed by atoms with E-state index in [-0.39, 0.29) is 17.7 Å². The van der Waals surface area contributed by atoms with E-state index in [1.165, 1.54) is 18.2 Å². The van der Waals surface area contributed by atoms with Crippen LogP contribution in [0.4, 0.5) is 18.9 Å². The molecule has 170 valence electrons. The lowest BCUT2D eigenvalue weighted by molar-refractivity contribution is -0.274. The van der Waals surface area contributed by atoms with Crippen LogP contribution in [-0.2, 0) is 4.79 Å². The Balaban J connectivity index is 1.70. The molecule has 0 unspecified atom stereocenters. The van der Waals surface area contributed by atoms with E-state index in [4.69, 9.17) is 0 Å². The molecule has 8 heteroatoms. The minimum absolute atomic E-state index is 0.146. The predicted molar refractivity (Wildman–Crippen MR) is 124 cm³/mol. The second-order valence-electron chi connectivity index (χ2n) is 7.57. The molecule has 0 fully saturated rings. The molecular weight excluding hydrogens is 497 g/mol. The lowest BCUT2D eigenvalue weighted by Crippen LogP contribution is -2.33. The van der Waals surface area contributed by atoms with Gasteiger partial charge in [-0.1, -0.05) is 58.4 Å². The fraction of sp³-hybridized carbons (Fsp3) is 0.160. The maximum absolute atomic E-state index is 13.4. The number of alkyl halides is 3. The Morgan fingerprint density at radius 2 is 1.70 bits per heavy atom. The van der Waals surface area contributed by atoms with Crippen molar-refractivity contribution in [1.82, 2.24) is 5.32 Å². The molecule has 0 aliphatic carbocycles. The number of rotatable bonds is 6. The summed E-state index contributed by atoms with van der Waals surface area (Å²) < 4.78 is 43.2. The van der Waals surface area contributed by atoms with Crippen molar-refractivity contribution < 1.29 is 22.7 Å². The normalized spacial score (nSPS) is 17.0. The van der Waals surface area contributed by atoms with E-state index in [1.54, 1.807) is 41.3 Å². The molecule has 1 aliphatic rings. The Morgan fingerprint density at radius 1 is 1.00 bits per heavy atom. The van der Waals surface area contributed by atoms with Crippen LogP contribution in [0.3, 0.4) is 0 Å². The van der Waals surface area contributed by atoms with Crippen molar-refractivity contribution in [2.75, 3.05) is 4.90 Å². The van der Waals surface area contributed by atoms with Crippen molar-refractivity contribution in [3.63, 3.8) is 0 Å². The molecule has 1 amide bonds. The molecule has 3 aromatic carbocycles. The fourth-order valence-electron chi connectivity index (χ4n) is 3.75. The smallest absolute Gasteiger partial charge is 0.406 e. The molecule has 0 radical (unpaired) electrons. The number of carbonyl (C=O) groups excluding carboxylic acids is 1. The number of nitrogens with one attached hydrogen (secondary N) is 1. The second kappa shape index (κ2) is 9.31. The third kappa shape index (κ3) is 5.39. The van der Waals surface area contributed by atoms with Gasteiger partial charge < -0.3 is 10.1 Å². The van der Waals surface area contributed by atoms with Crippen LogP contribution in [0, 0.1) is 0 Å². The van der Waals surface area contributed by atoms with Gasteiger partial charge in [0.15, 0.2) is 0 Å². The molecule has 0 saturated carbocycles. The van der Waals surface area contributed by atoms with Gasteiger partial charge >= 0.3 is 6.36 Å². The lowest BCUT2D eigenvalue weighted by Gasteiger charge is -2.26. The van der Waals surface area contributed by atoms with Crippen LogP contribution in [0.1, 0.15) is 30.1 Å². The van der Waals surface area contributed by atoms with E-state index in [2.05, 4.69) is 26.0 Å². The summed E-state index contributed by atoms with van der Waals surface area (Å²) in [5.41, 5.74) is 2.50. The van der Waals surface area contributed by atoms with Gasteiger partial charge in [0.05, 0.1) is 11.7 Å². The van der Waals surface area contributed by atoms with Crippen LogP contribution in [0.2, 0.25) is 0 Å². The standard InChI is InChI=1S/C25H20BrF3N2O2/c1-16(17-6-3-2-4-7-17)30-22-15-23(18-8-5-9-21(14-18)33-25(27,28)29)31(24(22)32)20-12-10-19(26)11-13-20/h2-16,23,30H,1H3/t16-,23+/m1/s1. The molecule has 1 N–H and O–H groups in total. The number of hydrogen-bond donors (Lipinski definition) is 1. The predicted octanol–water partition coefficient (Wildman–Crippen LogP) is 6.67. The van der Waals surface area contributed by atoms with Gasteiger partial charge in [-0.2, -0.15) is 0 Å². The van der Waals surface area contributed by atoms with Crippen molar-refractivity contribution in [3.05, 3.63) is 106 Å². The minimum atomic E-state index is -4.80. The van der Waals surface area contributed by atoms with Gasteiger partial charge in [-0.3, -0.25) is 9.69 Å². The Kier molecular flexibility index (Phi) is 6.47. The maximum atomic E-state index is 13.4. The van der Waals surface area contributed by atoms with Crippen LogP contribution in [-0.4, -0.2) is 12.3 Å². The Hall–Kier alpha value is -3.26. The van der Waals surface area contributed by atoms with E-state index >= 15 is 0 Å². The largest absolute Gasteiger partial charge is 0.573 e. The van der Waals surface area contributed by atoms with Crippen molar-refractivity contribution in [2.24, 2.45) is 0 Å². The molecule has 4 rings (SSSR count). The SMILES string of the molecule is C[C@@H](NC1=C[C@@H](c2cccc(OC(F)(F)F)c2)N(c2ccc(Br)cc2)C1=O)c1ccccc1. The zero-order valence-corrected chi connectivity index (χ0v) is 19.1. The third-order valence-electron chi connectivity index (χ3n) is 5.26.